The minimum absolute atomic E-state index is 0.137. The number of benzene rings is 2. The quantitative estimate of drug-likeness (QED) is 0.724. The minimum Gasteiger partial charge on any atom is -0.352 e. The summed E-state index contributed by atoms with van der Waals surface area (Å²) in [7, 11) is 0. The fourth-order valence-corrected chi connectivity index (χ4v) is 3.65. The topological polar surface area (TPSA) is 87.9 Å². The summed E-state index contributed by atoms with van der Waals surface area (Å²) in [6, 6.07) is 15.5. The highest BCUT2D eigenvalue weighted by Gasteiger charge is 2.22. The second-order valence-corrected chi connectivity index (χ2v) is 7.53. The van der Waals surface area contributed by atoms with Crippen molar-refractivity contribution >= 4 is 5.82 Å². The van der Waals surface area contributed by atoms with Gasteiger partial charge in [-0.25, -0.2) is 9.37 Å². The van der Waals surface area contributed by atoms with E-state index in [1.54, 1.807) is 35.0 Å². The number of nitriles is 1. The lowest BCUT2D eigenvalue weighted by molar-refractivity contribution is 0.496. The molecule has 2 N–H and O–H groups in total. The Balaban J connectivity index is 1.78. The van der Waals surface area contributed by atoms with Crippen LogP contribution >= 0.6 is 0 Å². The monoisotopic (exact) mass is 403 g/mol. The Labute approximate surface area is 174 Å². The first-order valence-electron chi connectivity index (χ1n) is 9.90. The minimum atomic E-state index is -0.341. The number of hydrogen-bond donors (Lipinski definition) is 1. The summed E-state index contributed by atoms with van der Waals surface area (Å²) >= 11 is 0. The lowest BCUT2D eigenvalue weighted by Crippen LogP contribution is -2.43. The number of nitrogens with two attached hydrogens (primary N) is 1. The molecule has 0 atom stereocenters. The fraction of sp³-hybridized carbons (Fsp3) is 0.261. The second-order valence-electron chi connectivity index (χ2n) is 7.53. The van der Waals surface area contributed by atoms with Crippen LogP contribution in [-0.2, 0) is 6.54 Å². The first kappa shape index (κ1) is 19.8. The maximum atomic E-state index is 13.6. The molecule has 0 bridgehead atoms. The Morgan fingerprint density at radius 3 is 2.57 bits per heavy atom. The normalized spacial score (nSPS) is 14.5. The van der Waals surface area contributed by atoms with Gasteiger partial charge in [0.15, 0.2) is 5.82 Å². The predicted octanol–water partition coefficient (Wildman–Crippen LogP) is 2.90. The highest BCUT2D eigenvalue weighted by Crippen LogP contribution is 2.21. The van der Waals surface area contributed by atoms with Gasteiger partial charge < -0.3 is 15.2 Å². The Hall–Kier alpha value is -3.50. The van der Waals surface area contributed by atoms with Crippen LogP contribution in [0, 0.1) is 17.1 Å². The van der Waals surface area contributed by atoms with E-state index in [2.05, 4.69) is 11.1 Å². The first-order chi connectivity index (χ1) is 14.5. The van der Waals surface area contributed by atoms with E-state index < -0.39 is 0 Å². The van der Waals surface area contributed by atoms with Gasteiger partial charge in [-0.1, -0.05) is 24.3 Å². The van der Waals surface area contributed by atoms with Gasteiger partial charge in [0.05, 0.1) is 23.9 Å². The molecule has 1 saturated heterocycles. The van der Waals surface area contributed by atoms with Crippen molar-refractivity contribution in [1.82, 2.24) is 9.55 Å². The van der Waals surface area contributed by atoms with Crippen LogP contribution < -0.4 is 16.2 Å². The predicted molar refractivity (Wildman–Crippen MR) is 114 cm³/mol. The molecular formula is C23H22FN5O. The molecule has 2 aromatic carbocycles. The van der Waals surface area contributed by atoms with Crippen molar-refractivity contribution in [1.29, 1.82) is 5.26 Å². The number of rotatable bonds is 4. The van der Waals surface area contributed by atoms with Crippen LogP contribution in [0.4, 0.5) is 10.2 Å². The summed E-state index contributed by atoms with van der Waals surface area (Å²) in [6.07, 6.45) is 3.28. The Bertz CT molecular complexity index is 1140. The van der Waals surface area contributed by atoms with Crippen LogP contribution in [-0.4, -0.2) is 28.7 Å². The van der Waals surface area contributed by atoms with Crippen molar-refractivity contribution in [2.24, 2.45) is 5.73 Å². The average molecular weight is 403 g/mol. The van der Waals surface area contributed by atoms with Gasteiger partial charge in [0.25, 0.3) is 5.56 Å². The summed E-state index contributed by atoms with van der Waals surface area (Å²) in [6.45, 7) is 1.57. The highest BCUT2D eigenvalue weighted by atomic mass is 19.1. The molecule has 0 saturated carbocycles. The van der Waals surface area contributed by atoms with Crippen LogP contribution in [0.5, 0.6) is 0 Å². The van der Waals surface area contributed by atoms with Gasteiger partial charge in [-0.15, -0.1) is 0 Å². The molecule has 1 aliphatic heterocycles. The van der Waals surface area contributed by atoms with E-state index in [9.17, 15) is 9.18 Å². The van der Waals surface area contributed by atoms with Crippen LogP contribution in [0.3, 0.4) is 0 Å². The Morgan fingerprint density at radius 1 is 1.17 bits per heavy atom. The number of nitrogens with zero attached hydrogens (tertiary/aromatic N) is 4. The van der Waals surface area contributed by atoms with Gasteiger partial charge in [-0.3, -0.25) is 4.79 Å². The molecule has 152 valence electrons. The Kier molecular flexibility index (Phi) is 5.59. The van der Waals surface area contributed by atoms with Crippen LogP contribution in [0.15, 0.2) is 59.5 Å². The van der Waals surface area contributed by atoms with E-state index in [1.807, 2.05) is 17.0 Å². The molecule has 7 heteroatoms. The van der Waals surface area contributed by atoms with Crippen LogP contribution in [0.2, 0.25) is 0 Å². The molecule has 1 aliphatic rings. The van der Waals surface area contributed by atoms with Crippen molar-refractivity contribution in [2.75, 3.05) is 18.0 Å². The molecule has 4 rings (SSSR count). The standard InChI is InChI=1S/C23H22FN5O/c24-19-3-1-2-17(12-19)14-29-15-21(18-6-4-16(13-25)5-7-18)27-22(23(29)30)28-10-8-20(26)9-11-28/h1-7,12,15,20H,8-11,14,26H2. The van der Waals surface area contributed by atoms with E-state index in [4.69, 9.17) is 11.0 Å². The van der Waals surface area contributed by atoms with E-state index in [1.165, 1.54) is 12.1 Å². The van der Waals surface area contributed by atoms with Crippen molar-refractivity contribution in [3.63, 3.8) is 0 Å². The maximum absolute atomic E-state index is 13.6. The van der Waals surface area contributed by atoms with Gasteiger partial charge in [-0.2, -0.15) is 5.26 Å². The third-order valence-corrected chi connectivity index (χ3v) is 5.35. The van der Waals surface area contributed by atoms with Crippen molar-refractivity contribution in [3.8, 4) is 17.3 Å². The lowest BCUT2D eigenvalue weighted by Gasteiger charge is -2.31. The average Bonchev–Trinajstić information content (AvgIpc) is 2.76. The summed E-state index contributed by atoms with van der Waals surface area (Å²) in [5, 5.41) is 9.04. The van der Waals surface area contributed by atoms with Gasteiger partial charge in [0.1, 0.15) is 5.82 Å². The third-order valence-electron chi connectivity index (χ3n) is 5.35. The van der Waals surface area contributed by atoms with Crippen molar-refractivity contribution < 1.29 is 4.39 Å². The first-order valence-corrected chi connectivity index (χ1v) is 9.90. The number of aromatic nitrogens is 2. The lowest BCUT2D eigenvalue weighted by atomic mass is 10.1. The van der Waals surface area contributed by atoms with Crippen LogP contribution in [0.1, 0.15) is 24.0 Å². The highest BCUT2D eigenvalue weighted by molar-refractivity contribution is 5.61. The zero-order chi connectivity index (χ0) is 21.1. The van der Waals surface area contributed by atoms with Crippen LogP contribution in [0.25, 0.3) is 11.3 Å². The fourth-order valence-electron chi connectivity index (χ4n) is 3.65. The molecule has 6 nitrogen and oxygen atoms in total. The van der Waals surface area contributed by atoms with Crippen molar-refractivity contribution in [2.45, 2.75) is 25.4 Å². The molecule has 2 heterocycles. The zero-order valence-electron chi connectivity index (χ0n) is 16.5. The molecule has 30 heavy (non-hydrogen) atoms. The summed E-state index contributed by atoms with van der Waals surface area (Å²) in [4.78, 5) is 19.8. The number of hydrogen-bond acceptors (Lipinski definition) is 5. The largest absolute Gasteiger partial charge is 0.352 e. The molecule has 3 aromatic rings. The van der Waals surface area contributed by atoms with Gasteiger partial charge >= 0.3 is 0 Å². The molecule has 0 amide bonds. The van der Waals surface area contributed by atoms with Gasteiger partial charge in [0, 0.05) is 30.9 Å². The molecular weight excluding hydrogens is 381 g/mol. The second kappa shape index (κ2) is 8.47. The van der Waals surface area contributed by atoms with E-state index in [0.29, 0.717) is 35.7 Å². The third kappa shape index (κ3) is 4.24. The molecule has 0 unspecified atom stereocenters. The molecule has 1 fully saturated rings. The molecule has 1 aromatic heterocycles. The summed E-state index contributed by atoms with van der Waals surface area (Å²) < 4.78 is 15.2. The number of piperidine rings is 1. The summed E-state index contributed by atoms with van der Waals surface area (Å²) in [5.74, 6) is 0.0346. The number of anilines is 1. The van der Waals surface area contributed by atoms with E-state index >= 15 is 0 Å². The van der Waals surface area contributed by atoms with E-state index in [0.717, 1.165) is 18.4 Å². The molecule has 0 spiro atoms. The summed E-state index contributed by atoms with van der Waals surface area (Å²) in [5.41, 5.74) is 8.48. The number of halogens is 1. The smallest absolute Gasteiger partial charge is 0.293 e. The molecule has 0 aliphatic carbocycles. The van der Waals surface area contributed by atoms with Gasteiger partial charge in [0.2, 0.25) is 0 Å². The van der Waals surface area contributed by atoms with Crippen molar-refractivity contribution in [3.05, 3.63) is 82.0 Å². The maximum Gasteiger partial charge on any atom is 0.293 e. The SMILES string of the molecule is N#Cc1ccc(-c2cn(Cc3cccc(F)c3)c(=O)c(N3CCC(N)CC3)n2)cc1. The van der Waals surface area contributed by atoms with E-state index in [-0.39, 0.29) is 24.0 Å². The zero-order valence-corrected chi connectivity index (χ0v) is 16.5. The Morgan fingerprint density at radius 2 is 1.90 bits per heavy atom. The van der Waals surface area contributed by atoms with Gasteiger partial charge in [-0.05, 0) is 42.7 Å². The molecule has 0 radical (unpaired) electrons.